The van der Waals surface area contributed by atoms with E-state index in [2.05, 4.69) is 10.2 Å². The van der Waals surface area contributed by atoms with E-state index in [1.807, 2.05) is 4.90 Å². The predicted molar refractivity (Wildman–Crippen MR) is 108 cm³/mol. The highest BCUT2D eigenvalue weighted by Crippen LogP contribution is 2.19. The molecular weight excluding hydrogens is 415 g/mol. The fourth-order valence-corrected chi connectivity index (χ4v) is 3.67. The molecular formula is C16H26Cl2N4O4S. The summed E-state index contributed by atoms with van der Waals surface area (Å²) in [4.78, 5) is 16.5. The number of morpholine rings is 1. The minimum Gasteiger partial charge on any atom is -0.378 e. The Balaban J connectivity index is 0.00000182. The first kappa shape index (κ1) is 23.9. The molecule has 1 aromatic carbocycles. The van der Waals surface area contributed by atoms with E-state index >= 15 is 0 Å². The van der Waals surface area contributed by atoms with Gasteiger partial charge in [0.25, 0.3) is 0 Å². The molecule has 154 valence electrons. The van der Waals surface area contributed by atoms with Gasteiger partial charge in [-0.25, -0.2) is 13.6 Å². The number of piperazine rings is 1. The molecule has 0 aromatic heterocycles. The SMILES string of the molecule is Cl.Cl.NS(=O)(=O)c1ccc(N2CCN(C(=O)CC3COCCN3)CC2)cc1. The second-order valence-electron chi connectivity index (χ2n) is 6.34. The van der Waals surface area contributed by atoms with Crippen molar-refractivity contribution >= 4 is 46.4 Å². The Morgan fingerprint density at radius 1 is 1.15 bits per heavy atom. The topological polar surface area (TPSA) is 105 Å². The van der Waals surface area contributed by atoms with Crippen molar-refractivity contribution in [3.63, 3.8) is 0 Å². The van der Waals surface area contributed by atoms with E-state index in [0.29, 0.717) is 32.7 Å². The number of carbonyl (C=O) groups excluding carboxylic acids is 1. The summed E-state index contributed by atoms with van der Waals surface area (Å²) in [7, 11) is -3.67. The van der Waals surface area contributed by atoms with Crippen molar-refractivity contribution in [1.82, 2.24) is 10.2 Å². The van der Waals surface area contributed by atoms with Crippen molar-refractivity contribution in [3.05, 3.63) is 24.3 Å². The molecule has 2 fully saturated rings. The molecule has 1 atom stereocenters. The van der Waals surface area contributed by atoms with Crippen LogP contribution in [0.15, 0.2) is 29.2 Å². The zero-order chi connectivity index (χ0) is 17.9. The lowest BCUT2D eigenvalue weighted by Crippen LogP contribution is -2.51. The Hall–Kier alpha value is -1.10. The summed E-state index contributed by atoms with van der Waals surface area (Å²) in [5.41, 5.74) is 0.932. The average Bonchev–Trinajstić information content (AvgIpc) is 2.62. The lowest BCUT2D eigenvalue weighted by molar-refractivity contribution is -0.132. The number of anilines is 1. The molecule has 2 heterocycles. The van der Waals surface area contributed by atoms with Crippen LogP contribution in [0.5, 0.6) is 0 Å². The van der Waals surface area contributed by atoms with E-state index in [1.54, 1.807) is 12.1 Å². The summed E-state index contributed by atoms with van der Waals surface area (Å²) in [6, 6.07) is 6.62. The van der Waals surface area contributed by atoms with Gasteiger partial charge < -0.3 is 19.9 Å². The number of hydrogen-bond acceptors (Lipinski definition) is 6. The van der Waals surface area contributed by atoms with Crippen LogP contribution in [0.4, 0.5) is 5.69 Å². The molecule has 0 bridgehead atoms. The molecule has 11 heteroatoms. The zero-order valence-corrected chi connectivity index (χ0v) is 17.3. The predicted octanol–water partition coefficient (Wildman–Crippen LogP) is 0.205. The second-order valence-corrected chi connectivity index (χ2v) is 7.90. The maximum atomic E-state index is 12.4. The van der Waals surface area contributed by atoms with Gasteiger partial charge in [-0.2, -0.15) is 0 Å². The van der Waals surface area contributed by atoms with Crippen molar-refractivity contribution in [1.29, 1.82) is 0 Å². The number of primary sulfonamides is 1. The number of carbonyl (C=O) groups is 1. The minimum absolute atomic E-state index is 0. The van der Waals surface area contributed by atoms with Gasteiger partial charge in [0, 0.05) is 50.9 Å². The van der Waals surface area contributed by atoms with Gasteiger partial charge in [0.2, 0.25) is 15.9 Å². The van der Waals surface area contributed by atoms with E-state index in [4.69, 9.17) is 9.88 Å². The number of sulfonamides is 1. The van der Waals surface area contributed by atoms with Crippen LogP contribution in [0.1, 0.15) is 6.42 Å². The van der Waals surface area contributed by atoms with E-state index in [9.17, 15) is 13.2 Å². The van der Waals surface area contributed by atoms with Gasteiger partial charge in [-0.05, 0) is 24.3 Å². The number of nitrogens with zero attached hydrogens (tertiary/aromatic N) is 2. The number of nitrogens with two attached hydrogens (primary N) is 1. The van der Waals surface area contributed by atoms with E-state index in [0.717, 1.165) is 25.3 Å². The highest BCUT2D eigenvalue weighted by Gasteiger charge is 2.24. The van der Waals surface area contributed by atoms with Crippen molar-refractivity contribution < 1.29 is 17.9 Å². The maximum absolute atomic E-state index is 12.4. The molecule has 0 saturated carbocycles. The molecule has 8 nitrogen and oxygen atoms in total. The van der Waals surface area contributed by atoms with Crippen molar-refractivity contribution in [3.8, 4) is 0 Å². The summed E-state index contributed by atoms with van der Waals surface area (Å²) in [5, 5.41) is 8.41. The minimum atomic E-state index is -3.67. The Labute approximate surface area is 172 Å². The molecule has 1 unspecified atom stereocenters. The fourth-order valence-electron chi connectivity index (χ4n) is 3.15. The van der Waals surface area contributed by atoms with E-state index in [1.165, 1.54) is 12.1 Å². The largest absolute Gasteiger partial charge is 0.378 e. The van der Waals surface area contributed by atoms with Gasteiger partial charge in [-0.3, -0.25) is 4.79 Å². The number of nitrogens with one attached hydrogen (secondary N) is 1. The third-order valence-corrected chi connectivity index (χ3v) is 5.51. The van der Waals surface area contributed by atoms with Gasteiger partial charge in [0.15, 0.2) is 0 Å². The Morgan fingerprint density at radius 3 is 2.30 bits per heavy atom. The Morgan fingerprint density at radius 2 is 1.78 bits per heavy atom. The molecule has 0 spiro atoms. The lowest BCUT2D eigenvalue weighted by Gasteiger charge is -2.37. The lowest BCUT2D eigenvalue weighted by atomic mass is 10.1. The quantitative estimate of drug-likeness (QED) is 0.692. The number of benzene rings is 1. The van der Waals surface area contributed by atoms with Crippen LogP contribution in [-0.2, 0) is 19.6 Å². The summed E-state index contributed by atoms with van der Waals surface area (Å²) in [5.74, 6) is 0.146. The monoisotopic (exact) mass is 440 g/mol. The molecule has 1 amide bonds. The fraction of sp³-hybridized carbons (Fsp3) is 0.562. The number of ether oxygens (including phenoxy) is 1. The number of halogens is 2. The van der Waals surface area contributed by atoms with Crippen molar-refractivity contribution in [2.45, 2.75) is 17.4 Å². The molecule has 27 heavy (non-hydrogen) atoms. The van der Waals surface area contributed by atoms with Crippen LogP contribution in [0, 0.1) is 0 Å². The second kappa shape index (κ2) is 10.4. The average molecular weight is 441 g/mol. The van der Waals surface area contributed by atoms with Gasteiger partial charge in [-0.15, -0.1) is 24.8 Å². The smallest absolute Gasteiger partial charge is 0.238 e. The van der Waals surface area contributed by atoms with Gasteiger partial charge in [0.05, 0.1) is 18.1 Å². The third-order valence-electron chi connectivity index (χ3n) is 4.58. The molecule has 3 rings (SSSR count). The van der Waals surface area contributed by atoms with Gasteiger partial charge in [0.1, 0.15) is 0 Å². The summed E-state index contributed by atoms with van der Waals surface area (Å²) in [6.07, 6.45) is 0.461. The molecule has 2 saturated heterocycles. The number of hydrogen-bond donors (Lipinski definition) is 2. The van der Waals surface area contributed by atoms with Crippen LogP contribution in [0.25, 0.3) is 0 Å². The Kier molecular flexibility index (Phi) is 9.26. The summed E-state index contributed by atoms with van der Waals surface area (Å²) in [6.45, 7) is 4.83. The standard InChI is InChI=1S/C16H24N4O4S.2ClH/c17-25(22,23)15-3-1-14(2-4-15)19-6-8-20(9-7-19)16(21)11-13-12-24-10-5-18-13;;/h1-4,13,18H,5-12H2,(H2,17,22,23);2*1H. The van der Waals surface area contributed by atoms with Gasteiger partial charge in [-0.1, -0.05) is 0 Å². The first-order chi connectivity index (χ1) is 11.9. The van der Waals surface area contributed by atoms with Crippen LogP contribution in [-0.4, -0.2) is 71.2 Å². The summed E-state index contributed by atoms with van der Waals surface area (Å²) < 4.78 is 28.0. The van der Waals surface area contributed by atoms with E-state index in [-0.39, 0.29) is 41.7 Å². The molecule has 0 aliphatic carbocycles. The van der Waals surface area contributed by atoms with E-state index < -0.39 is 10.0 Å². The van der Waals surface area contributed by atoms with Crippen LogP contribution in [0.2, 0.25) is 0 Å². The van der Waals surface area contributed by atoms with Gasteiger partial charge >= 0.3 is 0 Å². The van der Waals surface area contributed by atoms with Crippen LogP contribution >= 0.6 is 24.8 Å². The highest BCUT2D eigenvalue weighted by atomic mass is 35.5. The van der Waals surface area contributed by atoms with Crippen LogP contribution in [0.3, 0.4) is 0 Å². The summed E-state index contributed by atoms with van der Waals surface area (Å²) >= 11 is 0. The van der Waals surface area contributed by atoms with Crippen molar-refractivity contribution in [2.24, 2.45) is 5.14 Å². The number of amides is 1. The van der Waals surface area contributed by atoms with Crippen LogP contribution < -0.4 is 15.4 Å². The first-order valence-corrected chi connectivity index (χ1v) is 9.95. The number of rotatable bonds is 4. The highest BCUT2D eigenvalue weighted by molar-refractivity contribution is 7.89. The molecule has 0 radical (unpaired) electrons. The Bertz CT molecular complexity index is 704. The molecule has 3 N–H and O–H groups in total. The van der Waals surface area contributed by atoms with Crippen molar-refractivity contribution in [2.75, 3.05) is 50.8 Å². The normalized spacial score (nSPS) is 20.4. The molecule has 2 aliphatic rings. The first-order valence-electron chi connectivity index (χ1n) is 8.40. The maximum Gasteiger partial charge on any atom is 0.238 e. The molecule has 2 aliphatic heterocycles. The zero-order valence-electron chi connectivity index (χ0n) is 14.9. The molecule has 1 aromatic rings. The third kappa shape index (κ3) is 6.48.